The first-order chi connectivity index (χ1) is 18.0. The molecule has 8 nitrogen and oxygen atoms in total. The summed E-state index contributed by atoms with van der Waals surface area (Å²) in [5.41, 5.74) is 9.09. The van der Waals surface area contributed by atoms with E-state index in [1.807, 2.05) is 0 Å². The van der Waals surface area contributed by atoms with Gasteiger partial charge in [-0.25, -0.2) is 9.31 Å². The number of nitrogens with two attached hydrogens (primary N) is 2. The van der Waals surface area contributed by atoms with Crippen molar-refractivity contribution in [3.05, 3.63) is 74.6 Å². The van der Waals surface area contributed by atoms with Crippen LogP contribution in [0, 0.1) is 0 Å². The first kappa shape index (κ1) is 27.6. The summed E-state index contributed by atoms with van der Waals surface area (Å²) >= 11 is 12.0. The summed E-state index contributed by atoms with van der Waals surface area (Å²) in [6.45, 7) is 0.445. The van der Waals surface area contributed by atoms with E-state index in [1.165, 1.54) is 42.5 Å². The molecule has 0 radical (unpaired) electrons. The molecule has 2 heterocycles. The lowest BCUT2D eigenvalue weighted by Gasteiger charge is -2.15. The van der Waals surface area contributed by atoms with Crippen molar-refractivity contribution in [1.82, 2.24) is 14.6 Å². The van der Waals surface area contributed by atoms with Crippen molar-refractivity contribution in [2.45, 2.75) is 31.5 Å². The van der Waals surface area contributed by atoms with Crippen LogP contribution in [-0.2, 0) is 11.0 Å². The number of aromatic amines is 1. The number of nitrogens with zero attached hydrogens (tertiary/aromatic N) is 2. The van der Waals surface area contributed by atoms with E-state index in [1.54, 1.807) is 0 Å². The highest BCUT2D eigenvalue weighted by Crippen LogP contribution is 2.40. The van der Waals surface area contributed by atoms with Gasteiger partial charge in [0, 0.05) is 27.7 Å². The number of fused-ring (bicyclic) bond motifs is 1. The molecule has 0 unspecified atom stereocenters. The number of esters is 1. The molecule has 200 valence electrons. The molecule has 0 aliphatic heterocycles. The Morgan fingerprint density at radius 2 is 1.76 bits per heavy atom. The maximum atomic E-state index is 14.1. The summed E-state index contributed by atoms with van der Waals surface area (Å²) in [5, 5.41) is 4.32. The van der Waals surface area contributed by atoms with Crippen molar-refractivity contribution in [3.63, 3.8) is 0 Å². The van der Waals surface area contributed by atoms with Gasteiger partial charge in [0.1, 0.15) is 17.4 Å². The molecule has 0 aliphatic carbocycles. The Kier molecular flexibility index (Phi) is 8.12. The number of benzene rings is 2. The predicted molar refractivity (Wildman–Crippen MR) is 138 cm³/mol. The number of halogens is 5. The second-order valence-corrected chi connectivity index (χ2v) is 9.33. The summed E-state index contributed by atoms with van der Waals surface area (Å²) in [7, 11) is 0. The molecule has 4 rings (SSSR count). The Bertz CT molecular complexity index is 1530. The summed E-state index contributed by atoms with van der Waals surface area (Å²) in [4.78, 5) is 27.8. The second kappa shape index (κ2) is 11.2. The van der Waals surface area contributed by atoms with Crippen molar-refractivity contribution >= 4 is 34.8 Å². The van der Waals surface area contributed by atoms with E-state index >= 15 is 0 Å². The first-order valence-corrected chi connectivity index (χ1v) is 12.2. The van der Waals surface area contributed by atoms with Crippen LogP contribution in [0.5, 0.6) is 5.75 Å². The maximum Gasteiger partial charge on any atom is 0.435 e. The van der Waals surface area contributed by atoms with Crippen molar-refractivity contribution < 1.29 is 22.7 Å². The summed E-state index contributed by atoms with van der Waals surface area (Å²) in [6, 6.07) is 9.88. The van der Waals surface area contributed by atoms with Crippen LogP contribution < -0.4 is 21.8 Å². The summed E-state index contributed by atoms with van der Waals surface area (Å²) < 4.78 is 48.7. The fraction of sp³-hybridized carbons (Fsp3) is 0.240. The van der Waals surface area contributed by atoms with Crippen LogP contribution in [-0.4, -0.2) is 33.2 Å². The number of carbonyl (C=O) groups excluding carboxylic acids is 1. The molecule has 4 aromatic rings. The number of unbranched alkanes of at least 4 members (excludes halogenated alkanes) is 1. The second-order valence-electron chi connectivity index (χ2n) is 8.46. The maximum absolute atomic E-state index is 14.1. The molecule has 0 aliphatic rings. The van der Waals surface area contributed by atoms with Crippen LogP contribution in [0.15, 0.2) is 53.3 Å². The number of rotatable bonds is 8. The lowest BCUT2D eigenvalue weighted by molar-refractivity contribution is -0.140. The molecule has 0 saturated heterocycles. The molecule has 0 saturated carbocycles. The monoisotopic (exact) mass is 567 g/mol. The van der Waals surface area contributed by atoms with Gasteiger partial charge >= 0.3 is 12.1 Å². The molecule has 13 heteroatoms. The van der Waals surface area contributed by atoms with E-state index in [0.717, 1.165) is 10.6 Å². The molecule has 0 fully saturated rings. The van der Waals surface area contributed by atoms with Crippen molar-refractivity contribution in [2.75, 3.05) is 6.54 Å². The number of alkyl halides is 3. The average Bonchev–Trinajstić information content (AvgIpc) is 3.24. The third-order valence-electron chi connectivity index (χ3n) is 5.73. The van der Waals surface area contributed by atoms with Crippen molar-refractivity contribution in [3.8, 4) is 28.1 Å². The van der Waals surface area contributed by atoms with Crippen LogP contribution in [0.2, 0.25) is 10.0 Å². The average molecular weight is 568 g/mol. The molecule has 0 bridgehead atoms. The zero-order valence-electron chi connectivity index (χ0n) is 19.7. The van der Waals surface area contributed by atoms with Gasteiger partial charge < -0.3 is 21.2 Å². The van der Waals surface area contributed by atoms with Gasteiger partial charge in [0.05, 0.1) is 11.3 Å². The van der Waals surface area contributed by atoms with Crippen molar-refractivity contribution in [2.24, 2.45) is 11.5 Å². The third-order valence-corrected chi connectivity index (χ3v) is 6.21. The molecule has 38 heavy (non-hydrogen) atoms. The lowest BCUT2D eigenvalue weighted by Crippen LogP contribution is -2.34. The number of hydrogen-bond donors (Lipinski definition) is 3. The van der Waals surface area contributed by atoms with Crippen LogP contribution in [0.3, 0.4) is 0 Å². The Morgan fingerprint density at radius 3 is 2.42 bits per heavy atom. The van der Waals surface area contributed by atoms with E-state index < -0.39 is 29.4 Å². The quantitative estimate of drug-likeness (QED) is 0.155. The molecule has 0 amide bonds. The van der Waals surface area contributed by atoms with Crippen LogP contribution in [0.25, 0.3) is 28.0 Å². The Hall–Kier alpha value is -3.38. The van der Waals surface area contributed by atoms with E-state index in [0.29, 0.717) is 30.8 Å². The molecule has 2 aromatic carbocycles. The third kappa shape index (κ3) is 5.86. The molecule has 2 aromatic heterocycles. The minimum atomic E-state index is -4.86. The highest BCUT2D eigenvalue weighted by Gasteiger charge is 2.39. The van der Waals surface area contributed by atoms with Gasteiger partial charge in [0.25, 0.3) is 5.56 Å². The van der Waals surface area contributed by atoms with Gasteiger partial charge in [-0.05, 0) is 49.2 Å². The van der Waals surface area contributed by atoms with Gasteiger partial charge in [-0.15, -0.1) is 0 Å². The van der Waals surface area contributed by atoms with Gasteiger partial charge in [-0.3, -0.25) is 4.79 Å². The van der Waals surface area contributed by atoms with E-state index in [-0.39, 0.29) is 38.8 Å². The molecular formula is C25H22Cl2F3N5O3. The van der Waals surface area contributed by atoms with Gasteiger partial charge in [0.15, 0.2) is 5.69 Å². The van der Waals surface area contributed by atoms with Crippen LogP contribution >= 0.6 is 23.2 Å². The molecular weight excluding hydrogens is 546 g/mol. The zero-order chi connectivity index (χ0) is 27.6. The summed E-state index contributed by atoms with van der Waals surface area (Å²) in [5.74, 6) is -0.870. The summed E-state index contributed by atoms with van der Waals surface area (Å²) in [6.07, 6.45) is -3.27. The Morgan fingerprint density at radius 1 is 1.08 bits per heavy atom. The van der Waals surface area contributed by atoms with Gasteiger partial charge in [-0.1, -0.05) is 41.8 Å². The molecule has 1 atom stereocenters. The molecule has 0 spiro atoms. The molecule has 5 N–H and O–H groups in total. The number of nitrogens with one attached hydrogen (secondary N) is 1. The standard InChI is InChI=1S/C25H22Cl2F3N5O3/c26-14-6-4-13(5-7-14)21-22(25(28,29)30)34-35-18(12-20(36)33-23(21)35)16-9-8-15(27)11-19(16)38-24(37)17(32)3-1-2-10-31/h4-9,11-12,17H,1-3,10,31-32H2,(H,33,36)/t17-/m0/s1. The largest absolute Gasteiger partial charge is 0.435 e. The Balaban J connectivity index is 1.89. The minimum absolute atomic E-state index is 0.0642. The van der Waals surface area contributed by atoms with Crippen LogP contribution in [0.1, 0.15) is 25.0 Å². The fourth-order valence-corrected chi connectivity index (χ4v) is 4.22. The number of carbonyl (C=O) groups is 1. The number of ether oxygens (including phenoxy) is 1. The van der Waals surface area contributed by atoms with E-state index in [2.05, 4.69) is 10.1 Å². The zero-order valence-corrected chi connectivity index (χ0v) is 21.2. The van der Waals surface area contributed by atoms with Crippen molar-refractivity contribution in [1.29, 1.82) is 0 Å². The Labute approximate surface area is 224 Å². The predicted octanol–water partition coefficient (Wildman–Crippen LogP) is 5.04. The number of hydrogen-bond acceptors (Lipinski definition) is 6. The number of aromatic nitrogens is 3. The topological polar surface area (TPSA) is 128 Å². The highest BCUT2D eigenvalue weighted by atomic mass is 35.5. The normalized spacial score (nSPS) is 12.6. The number of H-pyrrole nitrogens is 1. The smallest absolute Gasteiger partial charge is 0.425 e. The van der Waals surface area contributed by atoms with Gasteiger partial charge in [-0.2, -0.15) is 18.3 Å². The first-order valence-electron chi connectivity index (χ1n) is 11.5. The van der Waals surface area contributed by atoms with E-state index in [4.69, 9.17) is 39.4 Å². The highest BCUT2D eigenvalue weighted by molar-refractivity contribution is 6.31. The van der Waals surface area contributed by atoms with Gasteiger partial charge in [0.2, 0.25) is 0 Å². The van der Waals surface area contributed by atoms with E-state index in [9.17, 15) is 22.8 Å². The minimum Gasteiger partial charge on any atom is -0.425 e. The van der Waals surface area contributed by atoms with Crippen LogP contribution in [0.4, 0.5) is 13.2 Å². The SMILES string of the molecule is NCCCC[C@H](N)C(=O)Oc1cc(Cl)ccc1-c1cc(=O)[nH]c2c(-c3ccc(Cl)cc3)c(C(F)(F)F)nn12. The fourth-order valence-electron chi connectivity index (χ4n) is 3.93. The lowest BCUT2D eigenvalue weighted by atomic mass is 10.1.